The zero-order valence-electron chi connectivity index (χ0n) is 19.5. The maximum Gasteiger partial charge on any atom is 0.338 e. The highest BCUT2D eigenvalue weighted by molar-refractivity contribution is 5.92. The quantitative estimate of drug-likeness (QED) is 0.424. The standard InChI is InChI=1S/C25H27N5O3/c1-6-29(7-2)23-19-12-21(33-22-15(3)9-8-10-16(22)4)17(5)11-20(19)27-25(28-23)30-14-18(13-26-30)24(31)32/h8-14H,6-7H2,1-5H3,(H,31,32). The van der Waals surface area contributed by atoms with Crippen molar-refractivity contribution >= 4 is 22.7 Å². The molecule has 0 spiro atoms. The summed E-state index contributed by atoms with van der Waals surface area (Å²) < 4.78 is 7.76. The molecule has 0 saturated heterocycles. The van der Waals surface area contributed by atoms with E-state index in [2.05, 4.69) is 28.8 Å². The van der Waals surface area contributed by atoms with Crippen molar-refractivity contribution in [3.63, 3.8) is 0 Å². The third kappa shape index (κ3) is 4.24. The van der Waals surface area contributed by atoms with Gasteiger partial charge in [-0.2, -0.15) is 10.1 Å². The van der Waals surface area contributed by atoms with Gasteiger partial charge in [0.15, 0.2) is 0 Å². The van der Waals surface area contributed by atoms with E-state index in [0.717, 1.165) is 58.0 Å². The van der Waals surface area contributed by atoms with E-state index in [9.17, 15) is 9.90 Å². The number of benzene rings is 2. The molecule has 4 rings (SSSR count). The minimum absolute atomic E-state index is 0.0802. The molecule has 0 aliphatic carbocycles. The minimum atomic E-state index is -1.05. The van der Waals surface area contributed by atoms with Crippen LogP contribution in [0.4, 0.5) is 5.82 Å². The van der Waals surface area contributed by atoms with Crippen molar-refractivity contribution in [2.75, 3.05) is 18.0 Å². The molecule has 0 amide bonds. The van der Waals surface area contributed by atoms with Crippen LogP contribution in [-0.2, 0) is 0 Å². The Balaban J connectivity index is 1.89. The molecular weight excluding hydrogens is 418 g/mol. The Kier molecular flexibility index (Phi) is 6.00. The van der Waals surface area contributed by atoms with Crippen molar-refractivity contribution in [2.45, 2.75) is 34.6 Å². The van der Waals surface area contributed by atoms with Gasteiger partial charge in [-0.05, 0) is 63.4 Å². The topological polar surface area (TPSA) is 93.4 Å². The van der Waals surface area contributed by atoms with Crippen LogP contribution in [-0.4, -0.2) is 43.9 Å². The zero-order chi connectivity index (χ0) is 23.7. The Labute approximate surface area is 192 Å². The maximum absolute atomic E-state index is 11.3. The van der Waals surface area contributed by atoms with E-state index in [0.29, 0.717) is 5.95 Å². The van der Waals surface area contributed by atoms with Crippen LogP contribution in [0.2, 0.25) is 0 Å². The molecule has 8 nitrogen and oxygen atoms in total. The fourth-order valence-corrected chi connectivity index (χ4v) is 3.82. The van der Waals surface area contributed by atoms with E-state index in [-0.39, 0.29) is 5.56 Å². The summed E-state index contributed by atoms with van der Waals surface area (Å²) in [5.74, 6) is 1.62. The smallest absolute Gasteiger partial charge is 0.338 e. The van der Waals surface area contributed by atoms with E-state index < -0.39 is 5.97 Å². The van der Waals surface area contributed by atoms with Gasteiger partial charge in [0.2, 0.25) is 0 Å². The zero-order valence-corrected chi connectivity index (χ0v) is 19.5. The molecule has 0 aliphatic heterocycles. The number of hydrogen-bond acceptors (Lipinski definition) is 6. The lowest BCUT2D eigenvalue weighted by Crippen LogP contribution is -2.24. The summed E-state index contributed by atoms with van der Waals surface area (Å²) in [4.78, 5) is 22.9. The van der Waals surface area contributed by atoms with Crippen LogP contribution in [0.3, 0.4) is 0 Å². The molecule has 0 bridgehead atoms. The molecule has 2 heterocycles. The number of nitrogens with zero attached hydrogens (tertiary/aromatic N) is 5. The number of carboxylic acid groups (broad SMARTS) is 1. The van der Waals surface area contributed by atoms with Crippen molar-refractivity contribution in [1.29, 1.82) is 0 Å². The third-order valence-electron chi connectivity index (χ3n) is 5.68. The lowest BCUT2D eigenvalue weighted by molar-refractivity contribution is 0.0697. The van der Waals surface area contributed by atoms with Crippen LogP contribution < -0.4 is 9.64 Å². The predicted molar refractivity (Wildman–Crippen MR) is 128 cm³/mol. The molecule has 0 aliphatic rings. The van der Waals surface area contributed by atoms with Crippen LogP contribution in [0.25, 0.3) is 16.9 Å². The van der Waals surface area contributed by atoms with E-state index in [1.807, 2.05) is 51.1 Å². The summed E-state index contributed by atoms with van der Waals surface area (Å²) in [6, 6.07) is 10.0. The highest BCUT2D eigenvalue weighted by Crippen LogP contribution is 2.35. The van der Waals surface area contributed by atoms with Gasteiger partial charge in [0.05, 0.1) is 17.3 Å². The Morgan fingerprint density at radius 2 is 1.76 bits per heavy atom. The molecule has 0 atom stereocenters. The first-order chi connectivity index (χ1) is 15.8. The number of ether oxygens (including phenoxy) is 1. The summed E-state index contributed by atoms with van der Waals surface area (Å²) in [7, 11) is 0. The SMILES string of the molecule is CCN(CC)c1nc(-n2cc(C(=O)O)cn2)nc2cc(C)c(Oc3c(C)cccc3C)cc12. The molecule has 0 radical (unpaired) electrons. The molecule has 0 saturated carbocycles. The maximum atomic E-state index is 11.3. The van der Waals surface area contributed by atoms with Crippen LogP contribution in [0.1, 0.15) is 40.9 Å². The Morgan fingerprint density at radius 3 is 2.36 bits per heavy atom. The van der Waals surface area contributed by atoms with Crippen molar-refractivity contribution in [3.8, 4) is 17.4 Å². The second kappa shape index (κ2) is 8.90. The van der Waals surface area contributed by atoms with Gasteiger partial charge in [-0.15, -0.1) is 0 Å². The average Bonchev–Trinajstić information content (AvgIpc) is 3.28. The van der Waals surface area contributed by atoms with Crippen LogP contribution in [0.15, 0.2) is 42.7 Å². The Bertz CT molecular complexity index is 1320. The molecule has 170 valence electrons. The molecule has 4 aromatic rings. The lowest BCUT2D eigenvalue weighted by Gasteiger charge is -2.23. The number of aromatic nitrogens is 4. The third-order valence-corrected chi connectivity index (χ3v) is 5.68. The molecule has 1 N–H and O–H groups in total. The monoisotopic (exact) mass is 445 g/mol. The van der Waals surface area contributed by atoms with Crippen LogP contribution >= 0.6 is 0 Å². The van der Waals surface area contributed by atoms with Crippen molar-refractivity contribution < 1.29 is 14.6 Å². The van der Waals surface area contributed by atoms with Gasteiger partial charge in [0, 0.05) is 24.7 Å². The predicted octanol–water partition coefficient (Wildman–Crippen LogP) is 5.08. The fourth-order valence-electron chi connectivity index (χ4n) is 3.82. The van der Waals surface area contributed by atoms with Gasteiger partial charge in [-0.25, -0.2) is 14.5 Å². The molecular formula is C25H27N5O3. The lowest BCUT2D eigenvalue weighted by atomic mass is 10.1. The number of para-hydroxylation sites is 1. The van der Waals surface area contributed by atoms with Crippen LogP contribution in [0.5, 0.6) is 11.5 Å². The van der Waals surface area contributed by atoms with E-state index in [1.165, 1.54) is 17.1 Å². The highest BCUT2D eigenvalue weighted by Gasteiger charge is 2.18. The second-order valence-corrected chi connectivity index (χ2v) is 7.96. The van der Waals surface area contributed by atoms with Gasteiger partial charge >= 0.3 is 5.97 Å². The van der Waals surface area contributed by atoms with Crippen LogP contribution in [0, 0.1) is 20.8 Å². The van der Waals surface area contributed by atoms with Crippen molar-refractivity contribution in [1.82, 2.24) is 19.7 Å². The first-order valence-corrected chi connectivity index (χ1v) is 10.9. The largest absolute Gasteiger partial charge is 0.478 e. The molecule has 33 heavy (non-hydrogen) atoms. The number of carbonyl (C=O) groups is 1. The van der Waals surface area contributed by atoms with Gasteiger partial charge in [-0.3, -0.25) is 0 Å². The van der Waals surface area contributed by atoms with E-state index >= 15 is 0 Å². The summed E-state index contributed by atoms with van der Waals surface area (Å²) in [5, 5.41) is 14.3. The number of aryl methyl sites for hydroxylation is 3. The summed E-state index contributed by atoms with van der Waals surface area (Å²) in [5.41, 5.74) is 3.89. The van der Waals surface area contributed by atoms with Crippen molar-refractivity contribution in [2.24, 2.45) is 0 Å². The summed E-state index contributed by atoms with van der Waals surface area (Å²) in [6.07, 6.45) is 2.71. The fraction of sp³-hybridized carbons (Fsp3) is 0.280. The normalized spacial score (nSPS) is 11.1. The number of rotatable bonds is 7. The molecule has 0 unspecified atom stereocenters. The number of carboxylic acids is 1. The summed E-state index contributed by atoms with van der Waals surface area (Å²) >= 11 is 0. The molecule has 8 heteroatoms. The van der Waals surface area contributed by atoms with Gasteiger partial charge in [0.1, 0.15) is 17.3 Å². The summed E-state index contributed by atoms with van der Waals surface area (Å²) in [6.45, 7) is 11.7. The number of hydrogen-bond donors (Lipinski definition) is 1. The van der Waals surface area contributed by atoms with E-state index in [4.69, 9.17) is 9.72 Å². The average molecular weight is 446 g/mol. The van der Waals surface area contributed by atoms with Gasteiger partial charge in [-0.1, -0.05) is 18.2 Å². The highest BCUT2D eigenvalue weighted by atomic mass is 16.5. The number of aromatic carboxylic acids is 1. The molecule has 0 fully saturated rings. The number of anilines is 1. The minimum Gasteiger partial charge on any atom is -0.478 e. The van der Waals surface area contributed by atoms with Crippen molar-refractivity contribution in [3.05, 3.63) is 65.0 Å². The van der Waals surface area contributed by atoms with Gasteiger partial charge < -0.3 is 14.7 Å². The first-order valence-electron chi connectivity index (χ1n) is 10.9. The first kappa shape index (κ1) is 22.3. The molecule has 2 aromatic heterocycles. The van der Waals surface area contributed by atoms with E-state index in [1.54, 1.807) is 0 Å². The Morgan fingerprint density at radius 1 is 1.06 bits per heavy atom. The Hall–Kier alpha value is -3.94. The number of fused-ring (bicyclic) bond motifs is 1. The second-order valence-electron chi connectivity index (χ2n) is 7.96. The molecule has 2 aromatic carbocycles. The van der Waals surface area contributed by atoms with Gasteiger partial charge in [0.25, 0.3) is 5.95 Å².